The van der Waals surface area contributed by atoms with Crippen molar-refractivity contribution in [2.45, 2.75) is 24.2 Å². The molecule has 1 fully saturated rings. The van der Waals surface area contributed by atoms with Gasteiger partial charge in [-0.15, -0.1) is 0 Å². The van der Waals surface area contributed by atoms with Crippen LogP contribution in [0.25, 0.3) is 0 Å². The van der Waals surface area contributed by atoms with Gasteiger partial charge in [-0.2, -0.15) is 8.42 Å². The van der Waals surface area contributed by atoms with Gasteiger partial charge in [0.05, 0.1) is 17.9 Å². The van der Waals surface area contributed by atoms with Gasteiger partial charge < -0.3 is 11.1 Å². The molecule has 0 atom stereocenters. The van der Waals surface area contributed by atoms with E-state index < -0.39 is 10.1 Å². The minimum atomic E-state index is -4.18. The van der Waals surface area contributed by atoms with Crippen molar-refractivity contribution in [2.24, 2.45) is 5.73 Å². The molecule has 8 nitrogen and oxygen atoms in total. The van der Waals surface area contributed by atoms with E-state index in [0.717, 1.165) is 13.1 Å². The maximum Gasteiger partial charge on any atom is 0.294 e. The fourth-order valence-electron chi connectivity index (χ4n) is 2.53. The van der Waals surface area contributed by atoms with Crippen LogP contribution in [0, 0.1) is 0 Å². The third-order valence-electron chi connectivity index (χ3n) is 3.58. The lowest BCUT2D eigenvalue weighted by Gasteiger charge is -2.09. The quantitative estimate of drug-likeness (QED) is 0.663. The van der Waals surface area contributed by atoms with E-state index in [4.69, 9.17) is 10.3 Å². The van der Waals surface area contributed by atoms with E-state index in [9.17, 15) is 18.0 Å². The highest BCUT2D eigenvalue weighted by atomic mass is 32.2. The molecule has 0 aliphatic carbocycles. The molecule has 0 spiro atoms. The second kappa shape index (κ2) is 7.07. The van der Waals surface area contributed by atoms with Crippen molar-refractivity contribution in [2.75, 3.05) is 25.0 Å². The maximum absolute atomic E-state index is 10.9. The zero-order valence-electron chi connectivity index (χ0n) is 12.5. The van der Waals surface area contributed by atoms with E-state index in [1.54, 1.807) is 0 Å². The van der Waals surface area contributed by atoms with Crippen molar-refractivity contribution in [1.82, 2.24) is 4.90 Å². The summed E-state index contributed by atoms with van der Waals surface area (Å²) in [5.74, 6) is -0.385. The summed E-state index contributed by atoms with van der Waals surface area (Å²) < 4.78 is 30.3. The molecule has 3 rings (SSSR count). The average molecular weight is 341 g/mol. The predicted octanol–water partition coefficient (Wildman–Crippen LogP) is -0.00460. The first-order chi connectivity index (χ1) is 10.8. The number of hydrogen-bond acceptors (Lipinski definition) is 5. The van der Waals surface area contributed by atoms with Crippen LogP contribution in [0.15, 0.2) is 23.1 Å². The van der Waals surface area contributed by atoms with Gasteiger partial charge >= 0.3 is 0 Å². The van der Waals surface area contributed by atoms with Gasteiger partial charge in [0.1, 0.15) is 0 Å². The Balaban J connectivity index is 0.000000185. The molecule has 2 aliphatic rings. The Morgan fingerprint density at radius 1 is 1.30 bits per heavy atom. The van der Waals surface area contributed by atoms with Crippen molar-refractivity contribution < 1.29 is 22.6 Å². The maximum atomic E-state index is 10.9. The number of likely N-dealkylation sites (tertiary alicyclic amines) is 1. The van der Waals surface area contributed by atoms with Crippen LogP contribution in [0.4, 0.5) is 5.69 Å². The van der Waals surface area contributed by atoms with E-state index in [-0.39, 0.29) is 23.1 Å². The smallest absolute Gasteiger partial charge is 0.294 e. The summed E-state index contributed by atoms with van der Waals surface area (Å²) in [6.07, 6.45) is 2.58. The lowest BCUT2D eigenvalue weighted by atomic mass is 10.2. The number of carbonyl (C=O) groups excluding carboxylic acids is 2. The van der Waals surface area contributed by atoms with Crippen molar-refractivity contribution in [3.8, 4) is 0 Å². The molecule has 0 saturated carbocycles. The van der Waals surface area contributed by atoms with E-state index in [1.165, 1.54) is 31.0 Å². The number of fused-ring (bicyclic) bond motifs is 1. The van der Waals surface area contributed by atoms with Crippen molar-refractivity contribution in [3.63, 3.8) is 0 Å². The third kappa shape index (κ3) is 5.02. The molecule has 0 aromatic heterocycles. The Labute approximate surface area is 134 Å². The largest absolute Gasteiger partial charge is 0.369 e. The van der Waals surface area contributed by atoms with Crippen molar-refractivity contribution >= 4 is 27.6 Å². The molecule has 0 unspecified atom stereocenters. The monoisotopic (exact) mass is 341 g/mol. The van der Waals surface area contributed by atoms with Crippen LogP contribution < -0.4 is 11.1 Å². The number of nitrogens with one attached hydrogen (secondary N) is 1. The Morgan fingerprint density at radius 2 is 1.96 bits per heavy atom. The van der Waals surface area contributed by atoms with Gasteiger partial charge in [-0.25, -0.2) is 0 Å². The molecule has 0 radical (unpaired) electrons. The summed E-state index contributed by atoms with van der Waals surface area (Å²) in [4.78, 5) is 23.2. The molecule has 1 saturated heterocycles. The molecule has 126 valence electrons. The van der Waals surface area contributed by atoms with E-state index >= 15 is 0 Å². The molecule has 1 aromatic rings. The molecule has 2 amide bonds. The zero-order valence-corrected chi connectivity index (χ0v) is 13.3. The number of rotatable bonds is 3. The Kier molecular flexibility index (Phi) is 5.34. The van der Waals surface area contributed by atoms with Crippen molar-refractivity contribution in [3.05, 3.63) is 23.8 Å². The van der Waals surface area contributed by atoms with Gasteiger partial charge in [0.15, 0.2) is 0 Å². The molecule has 9 heteroatoms. The first-order valence-electron chi connectivity index (χ1n) is 7.16. The molecular formula is C14H19N3O5S. The van der Waals surface area contributed by atoms with Crippen LogP contribution in [-0.2, 0) is 26.1 Å². The highest BCUT2D eigenvalue weighted by molar-refractivity contribution is 7.85. The van der Waals surface area contributed by atoms with Crippen LogP contribution in [0.1, 0.15) is 18.4 Å². The lowest BCUT2D eigenvalue weighted by molar-refractivity contribution is -0.119. The summed E-state index contributed by atoms with van der Waals surface area (Å²) in [7, 11) is -4.18. The van der Waals surface area contributed by atoms with Crippen molar-refractivity contribution in [1.29, 1.82) is 0 Å². The number of benzene rings is 1. The summed E-state index contributed by atoms with van der Waals surface area (Å²) in [6, 6.07) is 4.01. The number of nitrogens with two attached hydrogens (primary N) is 1. The molecule has 4 N–H and O–H groups in total. The summed E-state index contributed by atoms with van der Waals surface area (Å²) in [5, 5.41) is 2.56. The Hall–Kier alpha value is -1.97. The average Bonchev–Trinajstić information content (AvgIpc) is 3.04. The molecular weight excluding hydrogens is 322 g/mol. The van der Waals surface area contributed by atoms with Gasteiger partial charge in [0, 0.05) is 5.69 Å². The minimum absolute atomic E-state index is 0.151. The number of primary amides is 1. The van der Waals surface area contributed by atoms with E-state index in [2.05, 4.69) is 10.2 Å². The first-order valence-corrected chi connectivity index (χ1v) is 8.60. The van der Waals surface area contributed by atoms with Crippen LogP contribution >= 0.6 is 0 Å². The molecule has 23 heavy (non-hydrogen) atoms. The standard InChI is InChI=1S/C8H7NO4S.C6H12N2O/c10-8-4-5-3-6(14(11,12)13)1-2-7(5)9-8;7-6(9)5-8-3-1-2-4-8/h1-3H,4H2,(H,9,10)(H,11,12,13);1-5H2,(H2,7,9). The summed E-state index contributed by atoms with van der Waals surface area (Å²) in [5.41, 5.74) is 6.18. The second-order valence-corrected chi connectivity index (χ2v) is 6.89. The van der Waals surface area contributed by atoms with Gasteiger partial charge in [-0.05, 0) is 49.7 Å². The number of carbonyl (C=O) groups is 2. The third-order valence-corrected chi connectivity index (χ3v) is 4.43. The zero-order chi connectivity index (χ0) is 17.0. The first kappa shape index (κ1) is 17.4. The highest BCUT2D eigenvalue weighted by Gasteiger charge is 2.20. The van der Waals surface area contributed by atoms with Gasteiger partial charge in [-0.3, -0.25) is 19.0 Å². The molecule has 2 heterocycles. The molecule has 1 aromatic carbocycles. The summed E-state index contributed by atoms with van der Waals surface area (Å²) >= 11 is 0. The second-order valence-electron chi connectivity index (χ2n) is 5.47. The number of nitrogens with zero attached hydrogens (tertiary/aromatic N) is 1. The van der Waals surface area contributed by atoms with Gasteiger partial charge in [0.25, 0.3) is 10.1 Å². The van der Waals surface area contributed by atoms with E-state index in [0.29, 0.717) is 17.8 Å². The fourth-order valence-corrected chi connectivity index (χ4v) is 3.06. The number of anilines is 1. The molecule has 2 aliphatic heterocycles. The predicted molar refractivity (Wildman–Crippen MR) is 83.5 cm³/mol. The minimum Gasteiger partial charge on any atom is -0.369 e. The fraction of sp³-hybridized carbons (Fsp3) is 0.429. The van der Waals surface area contributed by atoms with Crippen LogP contribution in [0.5, 0.6) is 0 Å². The molecule has 0 bridgehead atoms. The lowest BCUT2D eigenvalue weighted by Crippen LogP contribution is -2.31. The Bertz CT molecular complexity index is 711. The van der Waals surface area contributed by atoms with Gasteiger partial charge in [-0.1, -0.05) is 0 Å². The van der Waals surface area contributed by atoms with Crippen LogP contribution in [0.3, 0.4) is 0 Å². The Morgan fingerprint density at radius 3 is 2.52 bits per heavy atom. The van der Waals surface area contributed by atoms with Crippen LogP contribution in [-0.4, -0.2) is 49.3 Å². The van der Waals surface area contributed by atoms with Gasteiger partial charge in [0.2, 0.25) is 11.8 Å². The SMILES string of the molecule is NC(=O)CN1CCCC1.O=C1Cc2cc(S(=O)(=O)O)ccc2N1. The highest BCUT2D eigenvalue weighted by Crippen LogP contribution is 2.25. The number of hydrogen-bond donors (Lipinski definition) is 3. The van der Waals surface area contributed by atoms with E-state index in [1.807, 2.05) is 0 Å². The van der Waals surface area contributed by atoms with Crippen LogP contribution in [0.2, 0.25) is 0 Å². The summed E-state index contributed by atoms with van der Waals surface area (Å²) in [6.45, 7) is 2.53. The number of amides is 2. The normalized spacial score (nSPS) is 17.2. The topological polar surface area (TPSA) is 130 Å².